The lowest BCUT2D eigenvalue weighted by molar-refractivity contribution is -0.0503. The molecule has 14 heteroatoms. The number of imidazole rings is 1. The minimum atomic E-state index is -4.76. The summed E-state index contributed by atoms with van der Waals surface area (Å²) in [6.45, 7) is -0.651. The zero-order valence-corrected chi connectivity index (χ0v) is 12.8. The fourth-order valence-electron chi connectivity index (χ4n) is 2.40. The molecular weight excluding hydrogens is 359 g/mol. The van der Waals surface area contributed by atoms with Gasteiger partial charge in [-0.3, -0.25) is 18.9 Å². The molecule has 0 saturated carbocycles. The van der Waals surface area contributed by atoms with Gasteiger partial charge in [-0.15, -0.1) is 0 Å². The van der Waals surface area contributed by atoms with Crippen molar-refractivity contribution in [1.29, 1.82) is 0 Å². The van der Waals surface area contributed by atoms with Gasteiger partial charge in [-0.05, 0) is 0 Å². The lowest BCUT2D eigenvalue weighted by Crippen LogP contribution is -2.33. The number of aromatic amines is 1. The van der Waals surface area contributed by atoms with Gasteiger partial charge in [0.1, 0.15) is 18.3 Å². The number of nitrogens with two attached hydrogens (primary N) is 1. The zero-order valence-electron chi connectivity index (χ0n) is 11.9. The number of phosphoric acid groups is 1. The van der Waals surface area contributed by atoms with E-state index in [-0.39, 0.29) is 17.1 Å². The van der Waals surface area contributed by atoms with Crippen molar-refractivity contribution < 1.29 is 33.8 Å². The summed E-state index contributed by atoms with van der Waals surface area (Å²) in [5, 5.41) is 20.1. The van der Waals surface area contributed by atoms with Crippen molar-refractivity contribution in [2.45, 2.75) is 24.5 Å². The Morgan fingerprint density at radius 2 is 2.12 bits per heavy atom. The van der Waals surface area contributed by atoms with Crippen LogP contribution in [0.25, 0.3) is 11.2 Å². The first-order valence-corrected chi connectivity index (χ1v) is 8.14. The number of rotatable bonds is 4. The van der Waals surface area contributed by atoms with Gasteiger partial charge in [0.2, 0.25) is 5.95 Å². The van der Waals surface area contributed by atoms with E-state index < -0.39 is 44.5 Å². The summed E-state index contributed by atoms with van der Waals surface area (Å²) in [5.41, 5.74) is 4.84. The Bertz CT molecular complexity index is 861. The van der Waals surface area contributed by atoms with Gasteiger partial charge in [-0.25, -0.2) is 9.55 Å². The van der Waals surface area contributed by atoms with Gasteiger partial charge < -0.3 is 30.5 Å². The van der Waals surface area contributed by atoms with Gasteiger partial charge in [0.05, 0.1) is 12.9 Å². The highest BCUT2D eigenvalue weighted by atomic mass is 31.2. The van der Waals surface area contributed by atoms with Crippen LogP contribution >= 0.6 is 7.82 Å². The third kappa shape index (κ3) is 3.06. The quantitative estimate of drug-likeness (QED) is 0.242. The number of fused-ring (bicyclic) bond motifs is 1. The fraction of sp³-hybridized carbons (Fsp3) is 0.500. The first-order chi connectivity index (χ1) is 11.2. The summed E-state index contributed by atoms with van der Waals surface area (Å²) in [4.78, 5) is 39.1. The smallest absolute Gasteiger partial charge is 0.387 e. The van der Waals surface area contributed by atoms with Crippen LogP contribution in [-0.2, 0) is 13.8 Å². The van der Waals surface area contributed by atoms with E-state index >= 15 is 0 Å². The highest BCUT2D eigenvalue weighted by Gasteiger charge is 2.45. The number of nitrogens with one attached hydrogen (secondary N) is 1. The van der Waals surface area contributed by atoms with Gasteiger partial charge in [0.15, 0.2) is 17.4 Å². The van der Waals surface area contributed by atoms with Gasteiger partial charge >= 0.3 is 7.82 Å². The van der Waals surface area contributed by atoms with Crippen LogP contribution < -0.4 is 11.3 Å². The van der Waals surface area contributed by atoms with Crippen LogP contribution in [0.4, 0.5) is 5.95 Å². The van der Waals surface area contributed by atoms with Crippen LogP contribution in [0.3, 0.4) is 0 Å². The van der Waals surface area contributed by atoms with Crippen molar-refractivity contribution >= 4 is 24.9 Å². The van der Waals surface area contributed by atoms with Crippen molar-refractivity contribution in [1.82, 2.24) is 19.5 Å². The maximum Gasteiger partial charge on any atom is 0.469 e. The normalized spacial score (nSPS) is 27.8. The zero-order chi connectivity index (χ0) is 17.6. The van der Waals surface area contributed by atoms with Crippen LogP contribution in [0.15, 0.2) is 11.1 Å². The average molecular weight is 373 g/mol. The second-order valence-electron chi connectivity index (χ2n) is 5.11. The van der Waals surface area contributed by atoms with E-state index in [9.17, 15) is 19.6 Å². The largest absolute Gasteiger partial charge is 0.469 e. The number of hydrogen-bond acceptors (Lipinski definition) is 9. The molecule has 2 aromatic rings. The molecule has 0 spiro atoms. The molecule has 4 atom stereocenters. The number of aromatic nitrogens is 4. The number of anilines is 1. The molecule has 0 amide bonds. The number of hydrogen-bond donors (Lipinski definition) is 6. The van der Waals surface area contributed by atoms with E-state index in [1.807, 2.05) is 0 Å². The Balaban J connectivity index is 1.90. The molecule has 3 heterocycles. The summed E-state index contributed by atoms with van der Waals surface area (Å²) in [7, 11) is -4.76. The van der Waals surface area contributed by atoms with E-state index in [1.165, 1.54) is 10.9 Å². The molecule has 1 aliphatic rings. The van der Waals surface area contributed by atoms with E-state index in [2.05, 4.69) is 19.5 Å². The molecule has 0 bridgehead atoms. The first-order valence-electron chi connectivity index (χ1n) is 6.61. The Morgan fingerprint density at radius 1 is 1.42 bits per heavy atom. The molecule has 3 rings (SSSR count). The number of ether oxygens (including phenoxy) is 1. The molecule has 1 unspecified atom stereocenters. The standard InChI is InChI=1S/C10H14N5O8P/c11-10-13-7-4(8(18)14-10)12-2-15(7)9-6(17)5(16)3(23-9)1-22-24(19,20)21/h2-3,5-6,9,16-17H,1H2,(H2,19,20,21)(H3,11,13,14,18)/t3-,5+,6?,9-/m1/s1/i1+1,2+1,3+1,4+1,5+1,6+1,7+1,8+1,9+1,10+1. The molecule has 1 fully saturated rings. The second-order valence-corrected chi connectivity index (χ2v) is 6.35. The molecule has 0 radical (unpaired) electrons. The maximum atomic E-state index is 11.7. The number of nitrogen functional groups attached to an aromatic ring is 1. The van der Waals surface area contributed by atoms with Gasteiger partial charge in [0.25, 0.3) is 5.56 Å². The van der Waals surface area contributed by atoms with Crippen LogP contribution in [-0.4, -0.2) is 64.4 Å². The average Bonchev–Trinajstić information content (AvgIpc) is 3.00. The molecule has 0 aromatic carbocycles. The summed E-state index contributed by atoms with van der Waals surface area (Å²) < 4.78 is 21.6. The third-order valence-electron chi connectivity index (χ3n) is 3.47. The van der Waals surface area contributed by atoms with Gasteiger partial charge in [-0.2, -0.15) is 4.98 Å². The fourth-order valence-corrected chi connectivity index (χ4v) is 2.74. The number of nitrogens with zero attached hydrogens (tertiary/aromatic N) is 3. The summed E-state index contributed by atoms with van der Waals surface area (Å²) in [5.74, 6) is -0.177. The third-order valence-corrected chi connectivity index (χ3v) is 3.95. The van der Waals surface area contributed by atoms with Crippen LogP contribution in [0.1, 0.15) is 6.23 Å². The molecule has 132 valence electrons. The van der Waals surface area contributed by atoms with Crippen LogP contribution in [0.5, 0.6) is 0 Å². The molecular formula is C10H14N5O8P. The summed E-state index contributed by atoms with van der Waals surface area (Å²) in [6.07, 6.45) is -4.22. The minimum absolute atomic E-state index is 0.0176. The van der Waals surface area contributed by atoms with Crippen molar-refractivity contribution in [3.8, 4) is 0 Å². The molecule has 1 saturated heterocycles. The highest BCUT2D eigenvalue weighted by molar-refractivity contribution is 7.46. The van der Waals surface area contributed by atoms with Crippen molar-refractivity contribution in [2.24, 2.45) is 0 Å². The molecule has 2 aromatic heterocycles. The Hall–Kier alpha value is -1.86. The Labute approximate surface area is 132 Å². The van der Waals surface area contributed by atoms with E-state index in [0.717, 1.165) is 0 Å². The summed E-state index contributed by atoms with van der Waals surface area (Å²) >= 11 is 0. The molecule has 7 N–H and O–H groups in total. The van der Waals surface area contributed by atoms with Gasteiger partial charge in [-0.1, -0.05) is 0 Å². The van der Waals surface area contributed by atoms with Crippen LogP contribution in [0, 0.1) is 0 Å². The van der Waals surface area contributed by atoms with Gasteiger partial charge in [0, 0.05) is 0 Å². The predicted octanol–water partition coefficient (Wildman–Crippen LogP) is -2.57. The SMILES string of the molecule is N[13c]1n[13c]2[13c](n[13cH]n2[13C@@H]2O[13C@H]([13CH2]OP(=O)(O)O)[13C@H](O)[13CH]2O)[13c](=O)[nH]1. The maximum absolute atomic E-state index is 11.7. The second kappa shape index (κ2) is 5.89. The Kier molecular flexibility index (Phi) is 4.17. The van der Waals surface area contributed by atoms with Crippen molar-refractivity contribution in [2.75, 3.05) is 12.3 Å². The van der Waals surface area contributed by atoms with Crippen molar-refractivity contribution in [3.63, 3.8) is 0 Å². The number of phosphoric ester groups is 1. The molecule has 0 aliphatic carbocycles. The molecule has 13 nitrogen and oxygen atoms in total. The molecule has 24 heavy (non-hydrogen) atoms. The lowest BCUT2D eigenvalue weighted by Gasteiger charge is -2.16. The number of aliphatic hydroxyl groups is 2. The topological polar surface area (TPSA) is 206 Å². The first kappa shape index (κ1) is 17.0. The summed E-state index contributed by atoms with van der Waals surface area (Å²) in [6, 6.07) is 0. The monoisotopic (exact) mass is 373 g/mol. The van der Waals surface area contributed by atoms with E-state index in [1.54, 1.807) is 0 Å². The Morgan fingerprint density at radius 3 is 2.79 bits per heavy atom. The molecule has 1 aliphatic heterocycles. The lowest BCUT2D eigenvalue weighted by atomic mass is 11.1. The van der Waals surface area contributed by atoms with Crippen LogP contribution in [0.2, 0.25) is 0 Å². The number of H-pyrrole nitrogens is 1. The predicted molar refractivity (Wildman–Crippen MR) is 76.5 cm³/mol. The van der Waals surface area contributed by atoms with Crippen molar-refractivity contribution in [3.05, 3.63) is 16.7 Å². The van der Waals surface area contributed by atoms with E-state index in [4.69, 9.17) is 20.3 Å². The minimum Gasteiger partial charge on any atom is -0.387 e. The number of aliphatic hydroxyl groups excluding tert-OH is 2. The highest BCUT2D eigenvalue weighted by Crippen LogP contribution is 2.38. The van der Waals surface area contributed by atoms with E-state index in [0.29, 0.717) is 0 Å².